The summed E-state index contributed by atoms with van der Waals surface area (Å²) in [4.78, 5) is 1.94. The van der Waals surface area contributed by atoms with Crippen molar-refractivity contribution in [2.24, 2.45) is 0 Å². The summed E-state index contributed by atoms with van der Waals surface area (Å²) in [6.07, 6.45) is 2.30. The number of hydrogen-bond acceptors (Lipinski definition) is 2. The average Bonchev–Trinajstić information content (AvgIpc) is 2.53. The van der Waals surface area contributed by atoms with Gasteiger partial charge < -0.3 is 4.74 Å². The second-order valence-electron chi connectivity index (χ2n) is 2.67. The Bertz CT molecular complexity index is 198. The number of hydrogen-bond donors (Lipinski definition) is 0. The van der Waals surface area contributed by atoms with E-state index in [1.807, 2.05) is 11.3 Å². The van der Waals surface area contributed by atoms with Crippen LogP contribution in [0.2, 0.25) is 0 Å². The van der Waals surface area contributed by atoms with Gasteiger partial charge in [-0.15, -0.1) is 11.3 Å². The summed E-state index contributed by atoms with van der Waals surface area (Å²) in [6.45, 7) is 0.797. The second kappa shape index (κ2) is 5.73. The molecule has 0 fully saturated rings. The summed E-state index contributed by atoms with van der Waals surface area (Å²) in [7, 11) is 1.74. The zero-order valence-electron chi connectivity index (χ0n) is 7.13. The third-order valence-electron chi connectivity index (χ3n) is 1.63. The Morgan fingerprint density at radius 1 is 1.67 bits per heavy atom. The average molecular weight is 249 g/mol. The van der Waals surface area contributed by atoms with Crippen molar-refractivity contribution < 1.29 is 4.74 Å². The molecule has 3 heteroatoms. The highest BCUT2D eigenvalue weighted by atomic mass is 79.9. The van der Waals surface area contributed by atoms with Crippen molar-refractivity contribution in [3.63, 3.8) is 0 Å². The Hall–Kier alpha value is 0.140. The topological polar surface area (TPSA) is 9.23 Å². The lowest BCUT2D eigenvalue weighted by molar-refractivity contribution is 0.198. The van der Waals surface area contributed by atoms with E-state index < -0.39 is 0 Å². The lowest BCUT2D eigenvalue weighted by atomic mass is 10.2. The molecular weight excluding hydrogens is 236 g/mol. The quantitative estimate of drug-likeness (QED) is 0.728. The van der Waals surface area contributed by atoms with Crippen molar-refractivity contribution >= 4 is 27.3 Å². The highest BCUT2D eigenvalue weighted by Crippen LogP contribution is 2.15. The molecule has 0 bridgehead atoms. The number of thiophene rings is 1. The summed E-state index contributed by atoms with van der Waals surface area (Å²) in [5.41, 5.74) is 0. The molecule has 0 spiro atoms. The maximum Gasteiger partial charge on any atom is 0.0587 e. The van der Waals surface area contributed by atoms with Crippen LogP contribution in [0.4, 0.5) is 0 Å². The molecule has 1 aromatic heterocycles. The van der Waals surface area contributed by atoms with E-state index in [1.54, 1.807) is 7.11 Å². The van der Waals surface area contributed by atoms with Crippen molar-refractivity contribution in [3.05, 3.63) is 22.4 Å². The lowest BCUT2D eigenvalue weighted by Crippen LogP contribution is -2.07. The summed E-state index contributed by atoms with van der Waals surface area (Å²) in [5, 5.41) is 2.12. The molecule has 0 aromatic carbocycles. The number of ether oxygens (including phenoxy) is 1. The zero-order valence-corrected chi connectivity index (χ0v) is 9.53. The highest BCUT2D eigenvalue weighted by Gasteiger charge is 2.03. The van der Waals surface area contributed by atoms with Gasteiger partial charge in [0, 0.05) is 16.8 Å². The summed E-state index contributed by atoms with van der Waals surface area (Å²) in [6, 6.07) is 4.27. The van der Waals surface area contributed by atoms with E-state index in [-0.39, 0.29) is 0 Å². The first kappa shape index (κ1) is 10.2. The van der Waals surface area contributed by atoms with Gasteiger partial charge in [0.1, 0.15) is 0 Å². The van der Waals surface area contributed by atoms with Crippen molar-refractivity contribution in [3.8, 4) is 0 Å². The number of methoxy groups -OCH3 is 1. The fraction of sp³-hybridized carbons (Fsp3) is 0.556. The summed E-state index contributed by atoms with van der Waals surface area (Å²) >= 11 is 5.38. The Morgan fingerprint density at radius 3 is 3.08 bits per heavy atom. The SMILES string of the molecule is COCC(Br)CCc1cccs1. The first-order valence-corrected chi connectivity index (χ1v) is 5.78. The molecule has 1 atom stereocenters. The van der Waals surface area contributed by atoms with E-state index >= 15 is 0 Å². The maximum atomic E-state index is 5.03. The van der Waals surface area contributed by atoms with Gasteiger partial charge in [0.2, 0.25) is 0 Å². The van der Waals surface area contributed by atoms with Gasteiger partial charge in [0.25, 0.3) is 0 Å². The lowest BCUT2D eigenvalue weighted by Gasteiger charge is -2.06. The van der Waals surface area contributed by atoms with E-state index in [0.717, 1.165) is 19.4 Å². The Labute approximate surface area is 85.9 Å². The molecule has 12 heavy (non-hydrogen) atoms. The van der Waals surface area contributed by atoms with Crippen LogP contribution in [0.5, 0.6) is 0 Å². The molecule has 0 saturated carbocycles. The molecule has 0 saturated heterocycles. The van der Waals surface area contributed by atoms with Gasteiger partial charge in [0.05, 0.1) is 6.61 Å². The van der Waals surface area contributed by atoms with Gasteiger partial charge in [-0.3, -0.25) is 0 Å². The molecule has 1 unspecified atom stereocenters. The van der Waals surface area contributed by atoms with Crippen LogP contribution in [0.25, 0.3) is 0 Å². The molecule has 0 amide bonds. The summed E-state index contributed by atoms with van der Waals surface area (Å²) in [5.74, 6) is 0. The molecule has 0 aliphatic heterocycles. The van der Waals surface area contributed by atoms with E-state index in [1.165, 1.54) is 4.88 Å². The fourth-order valence-corrected chi connectivity index (χ4v) is 2.24. The van der Waals surface area contributed by atoms with Crippen LogP contribution in [0, 0.1) is 0 Å². The Balaban J connectivity index is 2.17. The van der Waals surface area contributed by atoms with Gasteiger partial charge in [-0.2, -0.15) is 0 Å². The highest BCUT2D eigenvalue weighted by molar-refractivity contribution is 9.09. The third-order valence-corrected chi connectivity index (χ3v) is 3.29. The minimum atomic E-state index is 0.490. The smallest absolute Gasteiger partial charge is 0.0587 e. The van der Waals surface area contributed by atoms with E-state index in [0.29, 0.717) is 4.83 Å². The van der Waals surface area contributed by atoms with Crippen LogP contribution in [-0.4, -0.2) is 18.5 Å². The van der Waals surface area contributed by atoms with Gasteiger partial charge in [-0.25, -0.2) is 0 Å². The van der Waals surface area contributed by atoms with Crippen LogP contribution in [0.1, 0.15) is 11.3 Å². The number of aryl methyl sites for hydroxylation is 1. The van der Waals surface area contributed by atoms with Crippen molar-refractivity contribution in [1.29, 1.82) is 0 Å². The largest absolute Gasteiger partial charge is 0.384 e. The molecule has 1 nitrogen and oxygen atoms in total. The molecule has 1 rings (SSSR count). The van der Waals surface area contributed by atoms with Gasteiger partial charge in [-0.05, 0) is 24.3 Å². The first-order chi connectivity index (χ1) is 5.83. The third kappa shape index (κ3) is 3.70. The van der Waals surface area contributed by atoms with Crippen molar-refractivity contribution in [1.82, 2.24) is 0 Å². The van der Waals surface area contributed by atoms with Crippen LogP contribution in [0.3, 0.4) is 0 Å². The minimum absolute atomic E-state index is 0.490. The number of alkyl halides is 1. The normalized spacial score (nSPS) is 13.2. The zero-order chi connectivity index (χ0) is 8.81. The second-order valence-corrected chi connectivity index (χ2v) is 5.00. The van der Waals surface area contributed by atoms with Gasteiger partial charge in [0.15, 0.2) is 0 Å². The van der Waals surface area contributed by atoms with Gasteiger partial charge in [-0.1, -0.05) is 22.0 Å². The van der Waals surface area contributed by atoms with E-state index in [2.05, 4.69) is 33.4 Å². The summed E-state index contributed by atoms with van der Waals surface area (Å²) < 4.78 is 5.03. The molecule has 1 aromatic rings. The molecular formula is C9H13BrOS. The minimum Gasteiger partial charge on any atom is -0.384 e. The number of rotatable bonds is 5. The first-order valence-electron chi connectivity index (χ1n) is 3.98. The predicted octanol–water partition coefficient (Wildman–Crippen LogP) is 3.09. The van der Waals surface area contributed by atoms with Crippen molar-refractivity contribution in [2.75, 3.05) is 13.7 Å². The predicted molar refractivity (Wildman–Crippen MR) is 57.2 cm³/mol. The Morgan fingerprint density at radius 2 is 2.50 bits per heavy atom. The van der Waals surface area contributed by atoms with Crippen LogP contribution < -0.4 is 0 Å². The van der Waals surface area contributed by atoms with E-state index in [4.69, 9.17) is 4.74 Å². The van der Waals surface area contributed by atoms with Crippen LogP contribution >= 0.6 is 27.3 Å². The molecule has 0 N–H and O–H groups in total. The monoisotopic (exact) mass is 248 g/mol. The van der Waals surface area contributed by atoms with Crippen LogP contribution in [-0.2, 0) is 11.2 Å². The molecule has 0 aliphatic carbocycles. The number of halogens is 1. The fourth-order valence-electron chi connectivity index (χ4n) is 1.02. The molecule has 0 aliphatic rings. The molecule has 68 valence electrons. The maximum absolute atomic E-state index is 5.03. The van der Waals surface area contributed by atoms with Crippen LogP contribution in [0.15, 0.2) is 17.5 Å². The van der Waals surface area contributed by atoms with E-state index in [9.17, 15) is 0 Å². The van der Waals surface area contributed by atoms with Gasteiger partial charge >= 0.3 is 0 Å². The van der Waals surface area contributed by atoms with Crippen molar-refractivity contribution in [2.45, 2.75) is 17.7 Å². The molecule has 1 heterocycles. The Kier molecular flexibility index (Phi) is 4.88. The molecule has 0 radical (unpaired) electrons. The standard InChI is InChI=1S/C9H13BrOS/c1-11-7-8(10)4-5-9-3-2-6-12-9/h2-3,6,8H,4-5,7H2,1H3.